The number of pyridine rings is 1. The van der Waals surface area contributed by atoms with Gasteiger partial charge < -0.3 is 0 Å². The minimum Gasteiger partial charge on any atom is -0.293 e. The lowest BCUT2D eigenvalue weighted by molar-refractivity contribution is 0.102. The zero-order valence-electron chi connectivity index (χ0n) is 10.6. The summed E-state index contributed by atoms with van der Waals surface area (Å²) in [6.45, 7) is 0. The van der Waals surface area contributed by atoms with Crippen molar-refractivity contribution in [2.75, 3.05) is 5.75 Å². The molecule has 0 aliphatic rings. The van der Waals surface area contributed by atoms with E-state index in [2.05, 4.69) is 15.2 Å². The molecule has 0 saturated heterocycles. The highest BCUT2D eigenvalue weighted by Crippen LogP contribution is 2.24. The second-order valence-electron chi connectivity index (χ2n) is 4.16. The van der Waals surface area contributed by atoms with Crippen LogP contribution in [0.1, 0.15) is 10.4 Å². The van der Waals surface area contributed by atoms with Crippen LogP contribution in [0, 0.1) is 0 Å². The summed E-state index contributed by atoms with van der Waals surface area (Å²) in [5.74, 6) is 0.422. The first-order valence-corrected chi connectivity index (χ1v) is 7.10. The van der Waals surface area contributed by atoms with E-state index in [1.807, 2.05) is 42.5 Å². The van der Waals surface area contributed by atoms with Crippen molar-refractivity contribution in [3.05, 3.63) is 60.4 Å². The molecule has 0 bridgehead atoms. The average molecular weight is 281 g/mol. The summed E-state index contributed by atoms with van der Waals surface area (Å²) < 4.78 is 0. The molecule has 0 aliphatic heterocycles. The van der Waals surface area contributed by atoms with Gasteiger partial charge in [0.1, 0.15) is 5.03 Å². The number of nitrogens with zero attached hydrogens (tertiary/aromatic N) is 3. The number of hydrogen-bond acceptors (Lipinski definition) is 5. The van der Waals surface area contributed by atoms with Crippen molar-refractivity contribution in [3.8, 4) is 0 Å². The Labute approximate surface area is 120 Å². The van der Waals surface area contributed by atoms with Crippen molar-refractivity contribution in [1.82, 2.24) is 15.2 Å². The summed E-state index contributed by atoms with van der Waals surface area (Å²) in [7, 11) is 0. The molecule has 0 saturated carbocycles. The Morgan fingerprint density at radius 1 is 1.10 bits per heavy atom. The summed E-state index contributed by atoms with van der Waals surface area (Å²) in [5, 5.41) is 9.67. The molecule has 0 atom stereocenters. The van der Waals surface area contributed by atoms with Gasteiger partial charge in [0.25, 0.3) is 0 Å². The molecule has 0 radical (unpaired) electrons. The minimum absolute atomic E-state index is 0.0818. The van der Waals surface area contributed by atoms with Gasteiger partial charge >= 0.3 is 0 Å². The smallest absolute Gasteiger partial charge is 0.173 e. The van der Waals surface area contributed by atoms with E-state index in [9.17, 15) is 4.79 Å². The number of hydrogen-bond donors (Lipinski definition) is 0. The van der Waals surface area contributed by atoms with E-state index in [4.69, 9.17) is 0 Å². The summed E-state index contributed by atoms with van der Waals surface area (Å²) in [5.41, 5.74) is 1.50. The van der Waals surface area contributed by atoms with Crippen LogP contribution in [-0.4, -0.2) is 26.7 Å². The highest BCUT2D eigenvalue weighted by molar-refractivity contribution is 8.00. The standard InChI is InChI=1S/C15H11N3OS/c19-14(11-5-2-1-3-6-11)10-20-15-12-7-4-8-16-13(12)9-17-18-15/h1-9H,10H2. The molecule has 3 rings (SSSR count). The van der Waals surface area contributed by atoms with Crippen LogP contribution in [0.25, 0.3) is 10.9 Å². The van der Waals surface area contributed by atoms with Crippen molar-refractivity contribution in [2.24, 2.45) is 0 Å². The number of carbonyl (C=O) groups is 1. The minimum atomic E-state index is 0.0818. The van der Waals surface area contributed by atoms with Crippen LogP contribution in [0.3, 0.4) is 0 Å². The summed E-state index contributed by atoms with van der Waals surface area (Å²) in [4.78, 5) is 16.3. The quantitative estimate of drug-likeness (QED) is 0.543. The van der Waals surface area contributed by atoms with Gasteiger partial charge in [0.15, 0.2) is 5.78 Å². The van der Waals surface area contributed by atoms with Crippen molar-refractivity contribution in [3.63, 3.8) is 0 Å². The lowest BCUT2D eigenvalue weighted by Gasteiger charge is -2.03. The molecule has 1 aromatic carbocycles. The van der Waals surface area contributed by atoms with Gasteiger partial charge in [-0.25, -0.2) is 0 Å². The van der Waals surface area contributed by atoms with E-state index in [0.717, 1.165) is 15.9 Å². The molecule has 0 N–H and O–H groups in total. The number of fused-ring (bicyclic) bond motifs is 1. The predicted molar refractivity (Wildman–Crippen MR) is 78.8 cm³/mol. The van der Waals surface area contributed by atoms with Gasteiger partial charge in [0.2, 0.25) is 0 Å². The largest absolute Gasteiger partial charge is 0.293 e. The summed E-state index contributed by atoms with van der Waals surface area (Å²) >= 11 is 1.39. The molecule has 0 spiro atoms. The van der Waals surface area contributed by atoms with Crippen LogP contribution in [0.5, 0.6) is 0 Å². The number of thioether (sulfide) groups is 1. The van der Waals surface area contributed by atoms with Crippen molar-refractivity contribution >= 4 is 28.4 Å². The van der Waals surface area contributed by atoms with E-state index >= 15 is 0 Å². The molecular weight excluding hydrogens is 270 g/mol. The topological polar surface area (TPSA) is 55.7 Å². The highest BCUT2D eigenvalue weighted by atomic mass is 32.2. The molecule has 0 amide bonds. The van der Waals surface area contributed by atoms with Crippen LogP contribution in [-0.2, 0) is 0 Å². The number of carbonyl (C=O) groups excluding carboxylic acids is 1. The number of aromatic nitrogens is 3. The molecule has 2 aromatic heterocycles. The maximum absolute atomic E-state index is 12.1. The molecule has 4 nitrogen and oxygen atoms in total. The second kappa shape index (κ2) is 5.79. The first-order chi connectivity index (χ1) is 9.84. The fourth-order valence-electron chi connectivity index (χ4n) is 1.84. The van der Waals surface area contributed by atoms with Gasteiger partial charge in [-0.1, -0.05) is 42.1 Å². The molecule has 5 heteroatoms. The summed E-state index contributed by atoms with van der Waals surface area (Å²) in [6, 6.07) is 13.0. The van der Waals surface area contributed by atoms with Gasteiger partial charge in [0.05, 0.1) is 17.5 Å². The first kappa shape index (κ1) is 12.7. The van der Waals surface area contributed by atoms with Gasteiger partial charge in [-0.3, -0.25) is 9.78 Å². The van der Waals surface area contributed by atoms with Gasteiger partial charge in [-0.05, 0) is 12.1 Å². The van der Waals surface area contributed by atoms with Gasteiger partial charge in [-0.2, -0.15) is 5.10 Å². The summed E-state index contributed by atoms with van der Waals surface area (Å²) in [6.07, 6.45) is 3.34. The van der Waals surface area contributed by atoms with Crippen molar-refractivity contribution in [2.45, 2.75) is 5.03 Å². The van der Waals surface area contributed by atoms with Crippen molar-refractivity contribution in [1.29, 1.82) is 0 Å². The van der Waals surface area contributed by atoms with Crippen LogP contribution < -0.4 is 0 Å². The monoisotopic (exact) mass is 281 g/mol. The number of benzene rings is 1. The van der Waals surface area contributed by atoms with Crippen molar-refractivity contribution < 1.29 is 4.79 Å². The van der Waals surface area contributed by atoms with E-state index in [1.54, 1.807) is 12.4 Å². The predicted octanol–water partition coefficient (Wildman–Crippen LogP) is 3.00. The molecular formula is C15H11N3OS. The zero-order chi connectivity index (χ0) is 13.8. The molecule has 20 heavy (non-hydrogen) atoms. The fourth-order valence-corrected chi connectivity index (χ4v) is 2.71. The fraction of sp³-hybridized carbons (Fsp3) is 0.0667. The third-order valence-electron chi connectivity index (χ3n) is 2.83. The van der Waals surface area contributed by atoms with Gasteiger partial charge in [0, 0.05) is 17.1 Å². The molecule has 3 aromatic rings. The molecule has 98 valence electrons. The van der Waals surface area contributed by atoms with E-state index in [0.29, 0.717) is 11.3 Å². The Balaban J connectivity index is 1.79. The molecule has 0 unspecified atom stereocenters. The third kappa shape index (κ3) is 2.67. The van der Waals surface area contributed by atoms with Crippen LogP contribution in [0.15, 0.2) is 59.9 Å². The molecule has 0 aliphatic carbocycles. The maximum atomic E-state index is 12.1. The third-order valence-corrected chi connectivity index (χ3v) is 3.81. The Kier molecular flexibility index (Phi) is 3.69. The maximum Gasteiger partial charge on any atom is 0.173 e. The van der Waals surface area contributed by atoms with Crippen LogP contribution in [0.2, 0.25) is 0 Å². The lowest BCUT2D eigenvalue weighted by Crippen LogP contribution is -2.02. The normalized spacial score (nSPS) is 10.6. The second-order valence-corrected chi connectivity index (χ2v) is 5.13. The number of ketones is 1. The number of rotatable bonds is 4. The SMILES string of the molecule is O=C(CSc1nncc2ncccc12)c1ccccc1. The van der Waals surface area contributed by atoms with Crippen LogP contribution in [0.4, 0.5) is 0 Å². The Morgan fingerprint density at radius 3 is 2.80 bits per heavy atom. The highest BCUT2D eigenvalue weighted by Gasteiger charge is 2.09. The van der Waals surface area contributed by atoms with Gasteiger partial charge in [-0.15, -0.1) is 5.10 Å². The molecule has 2 heterocycles. The zero-order valence-corrected chi connectivity index (χ0v) is 11.4. The lowest BCUT2D eigenvalue weighted by atomic mass is 10.2. The van der Waals surface area contributed by atoms with E-state index in [-0.39, 0.29) is 5.78 Å². The van der Waals surface area contributed by atoms with E-state index in [1.165, 1.54) is 11.8 Å². The molecule has 0 fully saturated rings. The Bertz CT molecular complexity index is 741. The Hall–Kier alpha value is -2.27. The first-order valence-electron chi connectivity index (χ1n) is 6.12. The van der Waals surface area contributed by atoms with E-state index < -0.39 is 0 Å². The number of Topliss-reactive ketones (excluding diaryl/α,β-unsaturated/α-hetero) is 1. The Morgan fingerprint density at radius 2 is 1.95 bits per heavy atom. The average Bonchev–Trinajstić information content (AvgIpc) is 2.53. The van der Waals surface area contributed by atoms with Crippen LogP contribution >= 0.6 is 11.8 Å².